The molecule has 2 aliphatic rings. The average Bonchev–Trinajstić information content (AvgIpc) is 3.16. The van der Waals surface area contributed by atoms with Gasteiger partial charge < -0.3 is 9.47 Å². The van der Waals surface area contributed by atoms with Crippen LogP contribution < -0.4 is 4.74 Å². The Morgan fingerprint density at radius 2 is 2.19 bits per heavy atom. The van der Waals surface area contributed by atoms with Crippen LogP contribution >= 0.6 is 0 Å². The van der Waals surface area contributed by atoms with Gasteiger partial charge in [0.1, 0.15) is 6.10 Å². The lowest BCUT2D eigenvalue weighted by molar-refractivity contribution is -0.0843. The minimum atomic E-state index is -0.0416. The molecule has 2 fully saturated rings. The minimum Gasteiger partial charge on any atom is -0.474 e. The fraction of sp³-hybridized carbons (Fsp3) is 0.600. The lowest BCUT2D eigenvalue weighted by Gasteiger charge is -2.43. The minimum absolute atomic E-state index is 0.0416. The molecule has 0 unspecified atom stereocenters. The van der Waals surface area contributed by atoms with Gasteiger partial charge in [-0.2, -0.15) is 5.10 Å². The van der Waals surface area contributed by atoms with E-state index in [2.05, 4.69) is 28.1 Å². The van der Waals surface area contributed by atoms with Crippen molar-refractivity contribution in [3.8, 4) is 5.88 Å². The molecule has 0 amide bonds. The number of nitrogens with zero attached hydrogens (tertiary/aromatic N) is 4. The number of rotatable bonds is 5. The first-order valence-electron chi connectivity index (χ1n) is 9.46. The Labute approximate surface area is 155 Å². The summed E-state index contributed by atoms with van der Waals surface area (Å²) in [5, 5.41) is 4.49. The number of fused-ring (bicyclic) bond motifs is 1. The Balaban J connectivity index is 1.50. The molecule has 3 atom stereocenters. The van der Waals surface area contributed by atoms with Crippen molar-refractivity contribution in [1.29, 1.82) is 0 Å². The second kappa shape index (κ2) is 7.00. The highest BCUT2D eigenvalue weighted by molar-refractivity contribution is 5.17. The monoisotopic (exact) mass is 356 g/mol. The molecule has 6 heteroatoms. The van der Waals surface area contributed by atoms with Gasteiger partial charge in [0, 0.05) is 63.7 Å². The summed E-state index contributed by atoms with van der Waals surface area (Å²) < 4.78 is 14.1. The molecule has 2 aromatic rings. The summed E-state index contributed by atoms with van der Waals surface area (Å²) in [6.45, 7) is 4.07. The molecule has 3 heterocycles. The molecule has 0 bridgehead atoms. The molecule has 4 rings (SSSR count). The SMILES string of the molecule is CO[C@@]12CC[C@@H](Oc3ccccn3)C[C@@H]1N(Cc1cn(C)nc1C)CC2. The van der Waals surface area contributed by atoms with E-state index in [-0.39, 0.29) is 11.7 Å². The Hall–Kier alpha value is -1.92. The number of hydrogen-bond acceptors (Lipinski definition) is 5. The molecule has 2 aromatic heterocycles. The summed E-state index contributed by atoms with van der Waals surface area (Å²) in [6, 6.07) is 6.19. The number of ether oxygens (including phenoxy) is 2. The first kappa shape index (κ1) is 17.5. The number of hydrogen-bond donors (Lipinski definition) is 0. The van der Waals surface area contributed by atoms with Crippen molar-refractivity contribution in [2.45, 2.75) is 56.9 Å². The number of likely N-dealkylation sites (tertiary alicyclic amines) is 1. The molecule has 0 radical (unpaired) electrons. The van der Waals surface area contributed by atoms with Crippen LogP contribution in [-0.4, -0.2) is 51.1 Å². The van der Waals surface area contributed by atoms with E-state index in [9.17, 15) is 0 Å². The van der Waals surface area contributed by atoms with E-state index in [0.717, 1.165) is 50.3 Å². The molecular formula is C20H28N4O2. The van der Waals surface area contributed by atoms with E-state index in [1.807, 2.05) is 37.0 Å². The zero-order valence-corrected chi connectivity index (χ0v) is 15.9. The third kappa shape index (κ3) is 3.23. The molecule has 140 valence electrons. The Morgan fingerprint density at radius 3 is 2.88 bits per heavy atom. The molecule has 1 saturated carbocycles. The highest BCUT2D eigenvalue weighted by Gasteiger charge is 2.51. The van der Waals surface area contributed by atoms with Crippen LogP contribution in [0, 0.1) is 6.92 Å². The highest BCUT2D eigenvalue weighted by atomic mass is 16.5. The molecule has 1 saturated heterocycles. The maximum absolute atomic E-state index is 6.17. The van der Waals surface area contributed by atoms with Crippen molar-refractivity contribution in [1.82, 2.24) is 19.7 Å². The maximum Gasteiger partial charge on any atom is 0.213 e. The van der Waals surface area contributed by atoms with E-state index in [1.54, 1.807) is 6.20 Å². The van der Waals surface area contributed by atoms with Crippen LogP contribution in [0.4, 0.5) is 0 Å². The van der Waals surface area contributed by atoms with Gasteiger partial charge in [0.2, 0.25) is 5.88 Å². The number of methoxy groups -OCH3 is 1. The molecule has 1 aliphatic carbocycles. The van der Waals surface area contributed by atoms with E-state index < -0.39 is 0 Å². The van der Waals surface area contributed by atoms with Gasteiger partial charge in [-0.15, -0.1) is 0 Å². The van der Waals surface area contributed by atoms with Gasteiger partial charge in [0.05, 0.1) is 11.3 Å². The normalized spacial score (nSPS) is 28.9. The van der Waals surface area contributed by atoms with Crippen molar-refractivity contribution < 1.29 is 9.47 Å². The summed E-state index contributed by atoms with van der Waals surface area (Å²) >= 11 is 0. The summed E-state index contributed by atoms with van der Waals surface area (Å²) in [5.74, 6) is 0.718. The third-order valence-electron chi connectivity index (χ3n) is 6.07. The lowest BCUT2D eigenvalue weighted by atomic mass is 9.79. The van der Waals surface area contributed by atoms with Crippen LogP contribution in [0.1, 0.15) is 36.9 Å². The quantitative estimate of drug-likeness (QED) is 0.824. The second-order valence-electron chi connectivity index (χ2n) is 7.60. The fourth-order valence-corrected chi connectivity index (χ4v) is 4.66. The first-order chi connectivity index (χ1) is 12.6. The number of aryl methyl sites for hydroxylation is 2. The number of aromatic nitrogens is 3. The summed E-state index contributed by atoms with van der Waals surface area (Å²) in [5.41, 5.74) is 2.37. The van der Waals surface area contributed by atoms with Crippen LogP contribution in [-0.2, 0) is 18.3 Å². The second-order valence-corrected chi connectivity index (χ2v) is 7.60. The standard InChI is InChI=1S/C20H28N4O2/c1-15-16(13-23(2)22-15)14-24-11-9-20(25-3)8-7-17(12-18(20)24)26-19-6-4-5-10-21-19/h4-6,10,13,17-18H,7-9,11-12,14H2,1-3H3/t17-,18+,20-/m1/s1. The summed E-state index contributed by atoms with van der Waals surface area (Å²) in [6.07, 6.45) is 8.22. The number of pyridine rings is 1. The summed E-state index contributed by atoms with van der Waals surface area (Å²) in [7, 11) is 3.85. The highest BCUT2D eigenvalue weighted by Crippen LogP contribution is 2.43. The van der Waals surface area contributed by atoms with Gasteiger partial charge in [-0.25, -0.2) is 4.98 Å². The molecule has 6 nitrogen and oxygen atoms in total. The van der Waals surface area contributed by atoms with Gasteiger partial charge >= 0.3 is 0 Å². The molecular weight excluding hydrogens is 328 g/mol. The summed E-state index contributed by atoms with van der Waals surface area (Å²) in [4.78, 5) is 6.88. The van der Waals surface area contributed by atoms with Crippen molar-refractivity contribution in [2.75, 3.05) is 13.7 Å². The topological polar surface area (TPSA) is 52.4 Å². The Bertz CT molecular complexity index is 748. The first-order valence-corrected chi connectivity index (χ1v) is 9.46. The van der Waals surface area contributed by atoms with Crippen LogP contribution in [0.25, 0.3) is 0 Å². The van der Waals surface area contributed by atoms with Crippen molar-refractivity contribution in [2.24, 2.45) is 7.05 Å². The van der Waals surface area contributed by atoms with Gasteiger partial charge in [0.25, 0.3) is 0 Å². The van der Waals surface area contributed by atoms with E-state index in [0.29, 0.717) is 6.04 Å². The van der Waals surface area contributed by atoms with Crippen molar-refractivity contribution >= 4 is 0 Å². The largest absolute Gasteiger partial charge is 0.474 e. The smallest absolute Gasteiger partial charge is 0.213 e. The predicted octanol–water partition coefficient (Wildman–Crippen LogP) is 2.71. The van der Waals surface area contributed by atoms with Crippen LogP contribution in [0.15, 0.2) is 30.6 Å². The van der Waals surface area contributed by atoms with E-state index >= 15 is 0 Å². The van der Waals surface area contributed by atoms with Gasteiger partial charge in [0.15, 0.2) is 0 Å². The third-order valence-corrected chi connectivity index (χ3v) is 6.07. The fourth-order valence-electron chi connectivity index (χ4n) is 4.66. The zero-order valence-electron chi connectivity index (χ0n) is 15.9. The van der Waals surface area contributed by atoms with Crippen molar-refractivity contribution in [3.05, 3.63) is 41.9 Å². The van der Waals surface area contributed by atoms with Gasteiger partial charge in [-0.3, -0.25) is 9.58 Å². The van der Waals surface area contributed by atoms with Crippen LogP contribution in [0.3, 0.4) is 0 Å². The zero-order chi connectivity index (χ0) is 18.1. The predicted molar refractivity (Wildman–Crippen MR) is 99.0 cm³/mol. The maximum atomic E-state index is 6.17. The Kier molecular flexibility index (Phi) is 4.71. The van der Waals surface area contributed by atoms with Crippen molar-refractivity contribution in [3.63, 3.8) is 0 Å². The lowest BCUT2D eigenvalue weighted by Crippen LogP contribution is -2.52. The van der Waals surface area contributed by atoms with Crippen LogP contribution in [0.5, 0.6) is 5.88 Å². The van der Waals surface area contributed by atoms with E-state index in [4.69, 9.17) is 9.47 Å². The Morgan fingerprint density at radius 1 is 1.31 bits per heavy atom. The van der Waals surface area contributed by atoms with E-state index in [1.165, 1.54) is 5.56 Å². The van der Waals surface area contributed by atoms with Gasteiger partial charge in [-0.05, 0) is 32.3 Å². The molecule has 0 spiro atoms. The van der Waals surface area contributed by atoms with Gasteiger partial charge in [-0.1, -0.05) is 6.07 Å². The molecule has 0 aromatic carbocycles. The average molecular weight is 356 g/mol. The molecule has 0 N–H and O–H groups in total. The molecule has 1 aliphatic heterocycles. The molecule has 26 heavy (non-hydrogen) atoms. The van der Waals surface area contributed by atoms with Crippen LogP contribution in [0.2, 0.25) is 0 Å².